The highest BCUT2D eigenvalue weighted by Gasteiger charge is 2.17. The number of non-ortho nitro benzene ring substituents is 1. The Kier molecular flexibility index (Phi) is 6.76. The van der Waals surface area contributed by atoms with Crippen LogP contribution >= 0.6 is 11.6 Å². The van der Waals surface area contributed by atoms with Gasteiger partial charge in [-0.1, -0.05) is 11.6 Å². The van der Waals surface area contributed by atoms with E-state index < -0.39 is 4.92 Å². The first-order chi connectivity index (χ1) is 16.0. The summed E-state index contributed by atoms with van der Waals surface area (Å²) in [6, 6.07) is 10.5. The number of nitro benzene ring substituents is 1. The van der Waals surface area contributed by atoms with Crippen molar-refractivity contribution in [2.45, 2.75) is 0 Å². The molecule has 0 bridgehead atoms. The van der Waals surface area contributed by atoms with E-state index in [1.165, 1.54) is 24.4 Å². The Labute approximate surface area is 193 Å². The summed E-state index contributed by atoms with van der Waals surface area (Å²) in [5.41, 5.74) is 3.70. The van der Waals surface area contributed by atoms with Gasteiger partial charge in [0.05, 0.1) is 24.4 Å². The van der Waals surface area contributed by atoms with Crippen molar-refractivity contribution in [2.75, 3.05) is 41.9 Å². The Balaban J connectivity index is 1.57. The van der Waals surface area contributed by atoms with Gasteiger partial charge in [-0.15, -0.1) is 0 Å². The number of halogens is 1. The number of hydrogen-bond donors (Lipinski definition) is 3. The van der Waals surface area contributed by atoms with Gasteiger partial charge in [0.2, 0.25) is 17.8 Å². The van der Waals surface area contributed by atoms with Gasteiger partial charge in [0.15, 0.2) is 0 Å². The first-order valence-electron chi connectivity index (χ1n) is 9.86. The minimum atomic E-state index is -0.471. The van der Waals surface area contributed by atoms with Crippen molar-refractivity contribution >= 4 is 47.0 Å². The average molecular weight is 471 g/mol. The monoisotopic (exact) mass is 470 g/mol. The number of aromatic nitrogens is 3. The lowest BCUT2D eigenvalue weighted by Gasteiger charge is -2.27. The van der Waals surface area contributed by atoms with Crippen molar-refractivity contribution in [3.8, 4) is 5.75 Å². The molecule has 1 saturated heterocycles. The zero-order valence-electron chi connectivity index (χ0n) is 17.2. The van der Waals surface area contributed by atoms with Crippen molar-refractivity contribution in [3.05, 3.63) is 63.2 Å². The number of phenolic OH excluding ortho intramolecular Hbond substituents is 1. The van der Waals surface area contributed by atoms with Crippen LogP contribution in [-0.2, 0) is 4.74 Å². The molecular formula is C20H19ClN8O4. The maximum absolute atomic E-state index is 10.9. The molecule has 0 aliphatic carbocycles. The minimum Gasteiger partial charge on any atom is -0.507 e. The largest absolute Gasteiger partial charge is 0.507 e. The van der Waals surface area contributed by atoms with Crippen LogP contribution in [0, 0.1) is 10.1 Å². The van der Waals surface area contributed by atoms with E-state index in [1.54, 1.807) is 24.3 Å². The van der Waals surface area contributed by atoms with Crippen molar-refractivity contribution in [1.29, 1.82) is 0 Å². The second-order valence-electron chi connectivity index (χ2n) is 6.88. The number of nitrogens with zero attached hydrogens (tertiary/aromatic N) is 6. The van der Waals surface area contributed by atoms with Crippen LogP contribution in [0.3, 0.4) is 0 Å². The number of hydrazone groups is 1. The fourth-order valence-corrected chi connectivity index (χ4v) is 3.14. The number of anilines is 4. The number of rotatable bonds is 7. The molecule has 170 valence electrons. The van der Waals surface area contributed by atoms with E-state index in [2.05, 4.69) is 30.8 Å². The van der Waals surface area contributed by atoms with Crippen molar-refractivity contribution in [3.63, 3.8) is 0 Å². The zero-order chi connectivity index (χ0) is 23.2. The highest BCUT2D eigenvalue weighted by molar-refractivity contribution is 6.30. The van der Waals surface area contributed by atoms with Gasteiger partial charge in [0.1, 0.15) is 5.75 Å². The average Bonchev–Trinajstić information content (AvgIpc) is 2.82. The lowest BCUT2D eigenvalue weighted by atomic mass is 10.2. The summed E-state index contributed by atoms with van der Waals surface area (Å²) in [4.78, 5) is 25.5. The fraction of sp³-hybridized carbons (Fsp3) is 0.200. The third kappa shape index (κ3) is 5.81. The molecular weight excluding hydrogens is 452 g/mol. The number of hydrogen-bond acceptors (Lipinski definition) is 11. The van der Waals surface area contributed by atoms with Crippen LogP contribution in [0.5, 0.6) is 5.75 Å². The normalized spacial score (nSPS) is 13.8. The first kappa shape index (κ1) is 22.2. The van der Waals surface area contributed by atoms with Crippen molar-refractivity contribution in [1.82, 2.24) is 15.0 Å². The molecule has 1 fully saturated rings. The molecule has 13 heteroatoms. The van der Waals surface area contributed by atoms with Gasteiger partial charge >= 0.3 is 0 Å². The van der Waals surface area contributed by atoms with E-state index in [0.29, 0.717) is 48.5 Å². The summed E-state index contributed by atoms with van der Waals surface area (Å²) < 4.78 is 5.39. The summed E-state index contributed by atoms with van der Waals surface area (Å²) in [6.45, 7) is 2.32. The van der Waals surface area contributed by atoms with E-state index in [1.807, 2.05) is 4.90 Å². The van der Waals surface area contributed by atoms with Gasteiger partial charge in [-0.3, -0.25) is 10.1 Å². The van der Waals surface area contributed by atoms with Gasteiger partial charge in [-0.05, 0) is 30.3 Å². The molecule has 0 atom stereocenters. The Morgan fingerprint density at radius 2 is 1.85 bits per heavy atom. The third-order valence-electron chi connectivity index (χ3n) is 4.61. The molecule has 0 radical (unpaired) electrons. The smallest absolute Gasteiger partial charge is 0.269 e. The van der Waals surface area contributed by atoms with Crippen LogP contribution < -0.4 is 15.6 Å². The van der Waals surface area contributed by atoms with E-state index in [-0.39, 0.29) is 23.3 Å². The second kappa shape index (κ2) is 10.1. The molecule has 1 aromatic heterocycles. The Morgan fingerprint density at radius 1 is 1.12 bits per heavy atom. The SMILES string of the molecule is O=[N+]([O-])c1ccc(Nc2nc(NN=Cc3cc(Cl)ccc3O)nc(N3CCOCC3)n2)cc1. The number of phenols is 1. The number of ether oxygens (including phenoxy) is 1. The highest BCUT2D eigenvalue weighted by Crippen LogP contribution is 2.22. The Morgan fingerprint density at radius 3 is 2.58 bits per heavy atom. The molecule has 1 aliphatic heterocycles. The molecule has 12 nitrogen and oxygen atoms in total. The predicted octanol–water partition coefficient (Wildman–Crippen LogP) is 3.17. The molecule has 3 N–H and O–H groups in total. The fourth-order valence-electron chi connectivity index (χ4n) is 2.96. The molecule has 2 aromatic carbocycles. The summed E-state index contributed by atoms with van der Waals surface area (Å²) in [6.07, 6.45) is 1.39. The molecule has 4 rings (SSSR count). The molecule has 3 aromatic rings. The first-order valence-corrected chi connectivity index (χ1v) is 10.2. The lowest BCUT2D eigenvalue weighted by molar-refractivity contribution is -0.384. The highest BCUT2D eigenvalue weighted by atomic mass is 35.5. The van der Waals surface area contributed by atoms with Crippen LogP contribution in [0.15, 0.2) is 47.6 Å². The number of aromatic hydroxyl groups is 1. The molecule has 1 aliphatic rings. The van der Waals surface area contributed by atoms with Gasteiger partial charge in [-0.2, -0.15) is 20.1 Å². The van der Waals surface area contributed by atoms with E-state index in [0.717, 1.165) is 0 Å². The maximum Gasteiger partial charge on any atom is 0.269 e. The molecule has 0 amide bonds. The maximum atomic E-state index is 10.9. The summed E-state index contributed by atoms with van der Waals surface area (Å²) in [5.74, 6) is 0.827. The Bertz CT molecular complexity index is 1170. The van der Waals surface area contributed by atoms with Crippen molar-refractivity contribution < 1.29 is 14.8 Å². The minimum absolute atomic E-state index is 0.0221. The van der Waals surface area contributed by atoms with Gasteiger partial charge < -0.3 is 20.1 Å². The van der Waals surface area contributed by atoms with Gasteiger partial charge in [0.25, 0.3) is 5.69 Å². The van der Waals surface area contributed by atoms with E-state index >= 15 is 0 Å². The van der Waals surface area contributed by atoms with E-state index in [9.17, 15) is 15.2 Å². The standard InChI is InChI=1S/C20H19ClN8O4/c21-14-1-6-17(30)13(11-14)12-22-27-19-24-18(23-15-2-4-16(5-3-15)29(31)32)25-20(26-19)28-7-9-33-10-8-28/h1-6,11-12,30H,7-10H2,(H2,23,24,25,26,27). The molecule has 2 heterocycles. The summed E-state index contributed by atoms with van der Waals surface area (Å²) >= 11 is 5.96. The third-order valence-corrected chi connectivity index (χ3v) is 4.84. The van der Waals surface area contributed by atoms with Crippen LogP contribution in [0.1, 0.15) is 5.56 Å². The summed E-state index contributed by atoms with van der Waals surface area (Å²) in [7, 11) is 0. The van der Waals surface area contributed by atoms with Gasteiger partial charge in [-0.25, -0.2) is 5.43 Å². The molecule has 0 saturated carbocycles. The van der Waals surface area contributed by atoms with Gasteiger partial charge in [0, 0.05) is 41.5 Å². The summed E-state index contributed by atoms with van der Waals surface area (Å²) in [5, 5.41) is 28.4. The molecule has 33 heavy (non-hydrogen) atoms. The van der Waals surface area contributed by atoms with E-state index in [4.69, 9.17) is 16.3 Å². The number of nitro groups is 1. The molecule has 0 unspecified atom stereocenters. The van der Waals surface area contributed by atoms with Crippen LogP contribution in [-0.4, -0.2) is 57.5 Å². The quantitative estimate of drug-likeness (QED) is 0.266. The van der Waals surface area contributed by atoms with Crippen LogP contribution in [0.25, 0.3) is 0 Å². The molecule has 0 spiro atoms. The topological polar surface area (TPSA) is 151 Å². The number of morpholine rings is 1. The number of nitrogens with one attached hydrogen (secondary N) is 2. The van der Waals surface area contributed by atoms with Crippen molar-refractivity contribution in [2.24, 2.45) is 5.10 Å². The second-order valence-corrected chi connectivity index (χ2v) is 7.32. The predicted molar refractivity (Wildman–Crippen MR) is 124 cm³/mol. The van der Waals surface area contributed by atoms with Crippen LogP contribution in [0.2, 0.25) is 5.02 Å². The lowest BCUT2D eigenvalue weighted by Crippen LogP contribution is -2.37. The zero-order valence-corrected chi connectivity index (χ0v) is 17.9. The number of benzene rings is 2. The Hall–Kier alpha value is -4.03. The van der Waals surface area contributed by atoms with Crippen LogP contribution in [0.4, 0.5) is 29.2 Å².